The highest BCUT2D eigenvalue weighted by molar-refractivity contribution is 6.06. The largest absolute Gasteiger partial charge is 0.361 e. The predicted molar refractivity (Wildman–Crippen MR) is 89.2 cm³/mol. The molecule has 1 atom stereocenters. The maximum absolute atomic E-state index is 12.9. The number of hydrogen-bond donors (Lipinski definition) is 1. The summed E-state index contributed by atoms with van der Waals surface area (Å²) in [4.78, 5) is 18.0. The highest BCUT2D eigenvalue weighted by Gasteiger charge is 2.28. The fourth-order valence-electron chi connectivity index (χ4n) is 3.54. The Hall–Kier alpha value is -2.56. The number of nitrogens with zero attached hydrogens (tertiary/aromatic N) is 3. The second-order valence-electron chi connectivity index (χ2n) is 6.38. The van der Waals surface area contributed by atoms with Crippen molar-refractivity contribution in [2.75, 3.05) is 13.1 Å². The zero-order chi connectivity index (χ0) is 15.8. The summed E-state index contributed by atoms with van der Waals surface area (Å²) in [6.45, 7) is 1.67. The van der Waals surface area contributed by atoms with E-state index in [4.69, 9.17) is 0 Å². The molecule has 1 fully saturated rings. The van der Waals surface area contributed by atoms with E-state index in [9.17, 15) is 4.79 Å². The highest BCUT2D eigenvalue weighted by Crippen LogP contribution is 2.25. The molecular weight excluding hydrogens is 288 g/mol. The number of fused-ring (bicyclic) bond motifs is 1. The molecule has 1 aromatic carbocycles. The maximum Gasteiger partial charge on any atom is 0.254 e. The number of rotatable bonds is 3. The van der Waals surface area contributed by atoms with Crippen LogP contribution in [-0.2, 0) is 13.5 Å². The van der Waals surface area contributed by atoms with Crippen LogP contribution >= 0.6 is 0 Å². The van der Waals surface area contributed by atoms with Crippen LogP contribution in [0.1, 0.15) is 22.3 Å². The Morgan fingerprint density at radius 3 is 3.13 bits per heavy atom. The van der Waals surface area contributed by atoms with E-state index in [1.54, 1.807) is 0 Å². The van der Waals surface area contributed by atoms with Crippen molar-refractivity contribution in [1.82, 2.24) is 19.7 Å². The van der Waals surface area contributed by atoms with Crippen molar-refractivity contribution in [3.8, 4) is 0 Å². The van der Waals surface area contributed by atoms with E-state index in [1.165, 1.54) is 5.56 Å². The zero-order valence-corrected chi connectivity index (χ0v) is 13.2. The quantitative estimate of drug-likeness (QED) is 0.808. The lowest BCUT2D eigenvalue weighted by atomic mass is 10.0. The molecule has 3 aromatic rings. The molecule has 1 amide bonds. The lowest BCUT2D eigenvalue weighted by Crippen LogP contribution is -2.29. The second kappa shape index (κ2) is 5.57. The number of carbonyl (C=O) groups is 1. The van der Waals surface area contributed by atoms with Gasteiger partial charge in [-0.2, -0.15) is 5.10 Å². The number of aromatic nitrogens is 3. The maximum atomic E-state index is 12.9. The van der Waals surface area contributed by atoms with Crippen LogP contribution in [0.15, 0.2) is 42.9 Å². The van der Waals surface area contributed by atoms with Crippen molar-refractivity contribution in [2.24, 2.45) is 13.0 Å². The van der Waals surface area contributed by atoms with Crippen molar-refractivity contribution in [3.05, 3.63) is 54.0 Å². The van der Waals surface area contributed by atoms with Gasteiger partial charge in [0, 0.05) is 49.0 Å². The monoisotopic (exact) mass is 308 g/mol. The highest BCUT2D eigenvalue weighted by atomic mass is 16.2. The predicted octanol–water partition coefficient (Wildman–Crippen LogP) is 2.61. The molecule has 5 nitrogen and oxygen atoms in total. The fraction of sp³-hybridized carbons (Fsp3) is 0.333. The molecule has 1 aliphatic rings. The molecule has 5 heteroatoms. The van der Waals surface area contributed by atoms with Gasteiger partial charge in [-0.1, -0.05) is 6.07 Å². The van der Waals surface area contributed by atoms with Crippen LogP contribution in [0.4, 0.5) is 0 Å². The molecule has 0 radical (unpaired) electrons. The van der Waals surface area contributed by atoms with E-state index in [0.717, 1.165) is 42.4 Å². The van der Waals surface area contributed by atoms with Crippen molar-refractivity contribution in [3.63, 3.8) is 0 Å². The van der Waals surface area contributed by atoms with Crippen LogP contribution in [0, 0.1) is 5.92 Å². The van der Waals surface area contributed by atoms with E-state index in [-0.39, 0.29) is 5.91 Å². The summed E-state index contributed by atoms with van der Waals surface area (Å²) >= 11 is 0. The van der Waals surface area contributed by atoms with Gasteiger partial charge in [0.05, 0.1) is 6.20 Å². The van der Waals surface area contributed by atoms with Gasteiger partial charge in [0.15, 0.2) is 0 Å². The average molecular weight is 308 g/mol. The Balaban J connectivity index is 1.49. The number of carbonyl (C=O) groups excluding carboxylic acids is 1. The summed E-state index contributed by atoms with van der Waals surface area (Å²) in [6, 6.07) is 7.84. The van der Waals surface area contributed by atoms with Gasteiger partial charge in [0.25, 0.3) is 5.91 Å². The molecule has 0 saturated carbocycles. The Morgan fingerprint density at radius 1 is 1.39 bits per heavy atom. The first-order valence-corrected chi connectivity index (χ1v) is 8.03. The summed E-state index contributed by atoms with van der Waals surface area (Å²) in [6.07, 6.45) is 7.92. The minimum atomic E-state index is 0.142. The minimum absolute atomic E-state index is 0.142. The molecular formula is C18H20N4O. The number of nitrogens with one attached hydrogen (secondary N) is 1. The van der Waals surface area contributed by atoms with E-state index in [1.807, 2.05) is 53.3 Å². The molecule has 1 saturated heterocycles. The first-order chi connectivity index (χ1) is 11.2. The molecule has 4 rings (SSSR count). The molecule has 23 heavy (non-hydrogen) atoms. The SMILES string of the molecule is Cn1cc(CC2CCN(C(=O)c3cccc4[nH]ccc34)C2)cn1. The van der Waals surface area contributed by atoms with Gasteiger partial charge in [0.2, 0.25) is 0 Å². The van der Waals surface area contributed by atoms with E-state index < -0.39 is 0 Å². The molecule has 1 N–H and O–H groups in total. The Morgan fingerprint density at radius 2 is 2.30 bits per heavy atom. The van der Waals surface area contributed by atoms with Crippen LogP contribution in [0.25, 0.3) is 10.9 Å². The van der Waals surface area contributed by atoms with Crippen molar-refractivity contribution < 1.29 is 4.79 Å². The van der Waals surface area contributed by atoms with Crippen molar-refractivity contribution >= 4 is 16.8 Å². The lowest BCUT2D eigenvalue weighted by Gasteiger charge is -2.17. The van der Waals surface area contributed by atoms with Gasteiger partial charge in [0.1, 0.15) is 0 Å². The Labute approximate surface area is 134 Å². The Bertz CT molecular complexity index is 847. The fourth-order valence-corrected chi connectivity index (χ4v) is 3.54. The molecule has 0 bridgehead atoms. The third-order valence-corrected chi connectivity index (χ3v) is 4.68. The summed E-state index contributed by atoms with van der Waals surface area (Å²) < 4.78 is 1.83. The van der Waals surface area contributed by atoms with Crippen LogP contribution in [0.2, 0.25) is 0 Å². The van der Waals surface area contributed by atoms with Gasteiger partial charge in [-0.25, -0.2) is 0 Å². The molecule has 0 aliphatic carbocycles. The molecule has 118 valence electrons. The molecule has 0 spiro atoms. The number of amides is 1. The van der Waals surface area contributed by atoms with Crippen LogP contribution in [0.3, 0.4) is 0 Å². The summed E-state index contributed by atoms with van der Waals surface area (Å²) in [5, 5.41) is 5.23. The molecule has 1 aliphatic heterocycles. The first kappa shape index (κ1) is 14.1. The number of aryl methyl sites for hydroxylation is 1. The zero-order valence-electron chi connectivity index (χ0n) is 13.2. The number of likely N-dealkylation sites (tertiary alicyclic amines) is 1. The van der Waals surface area contributed by atoms with Crippen molar-refractivity contribution in [2.45, 2.75) is 12.8 Å². The van der Waals surface area contributed by atoms with Gasteiger partial charge < -0.3 is 9.88 Å². The lowest BCUT2D eigenvalue weighted by molar-refractivity contribution is 0.0789. The van der Waals surface area contributed by atoms with Crippen molar-refractivity contribution in [1.29, 1.82) is 0 Å². The van der Waals surface area contributed by atoms with Gasteiger partial charge in [-0.05, 0) is 42.5 Å². The number of hydrogen-bond acceptors (Lipinski definition) is 2. The summed E-state index contributed by atoms with van der Waals surface area (Å²) in [5.74, 6) is 0.664. The second-order valence-corrected chi connectivity index (χ2v) is 6.38. The third kappa shape index (κ3) is 2.63. The number of H-pyrrole nitrogens is 1. The van der Waals surface area contributed by atoms with Gasteiger partial charge in [-0.15, -0.1) is 0 Å². The molecule has 1 unspecified atom stereocenters. The van der Waals surface area contributed by atoms with Crippen LogP contribution < -0.4 is 0 Å². The average Bonchev–Trinajstić information content (AvgIpc) is 3.27. The third-order valence-electron chi connectivity index (χ3n) is 4.68. The summed E-state index contributed by atoms with van der Waals surface area (Å²) in [7, 11) is 1.94. The number of aromatic amines is 1. The minimum Gasteiger partial charge on any atom is -0.361 e. The standard InChI is InChI=1S/C18H20N4O/c1-21-11-14(10-20-21)9-13-6-8-22(12-13)18(23)16-3-2-4-17-15(16)5-7-19-17/h2-5,7,10-11,13,19H,6,8-9,12H2,1H3. The van der Waals surface area contributed by atoms with Crippen LogP contribution in [0.5, 0.6) is 0 Å². The number of benzene rings is 1. The van der Waals surface area contributed by atoms with Gasteiger partial charge in [-0.3, -0.25) is 9.48 Å². The molecule has 3 heterocycles. The smallest absolute Gasteiger partial charge is 0.254 e. The first-order valence-electron chi connectivity index (χ1n) is 8.03. The van der Waals surface area contributed by atoms with E-state index in [2.05, 4.69) is 16.3 Å². The normalized spacial score (nSPS) is 18.0. The van der Waals surface area contributed by atoms with E-state index in [0.29, 0.717) is 5.92 Å². The topological polar surface area (TPSA) is 53.9 Å². The summed E-state index contributed by atoms with van der Waals surface area (Å²) in [5.41, 5.74) is 3.06. The Kier molecular flexibility index (Phi) is 3.41. The van der Waals surface area contributed by atoms with Gasteiger partial charge >= 0.3 is 0 Å². The van der Waals surface area contributed by atoms with E-state index >= 15 is 0 Å². The molecule has 2 aromatic heterocycles. The van der Waals surface area contributed by atoms with Crippen LogP contribution in [-0.4, -0.2) is 38.7 Å².